The zero-order chi connectivity index (χ0) is 17.2. The minimum atomic E-state index is 0.896. The number of hydrogen-bond acceptors (Lipinski definition) is 3. The summed E-state index contributed by atoms with van der Waals surface area (Å²) in [6, 6.07) is 18.9. The maximum atomic E-state index is 4.69. The van der Waals surface area contributed by atoms with Crippen molar-refractivity contribution in [1.29, 1.82) is 0 Å². The van der Waals surface area contributed by atoms with Crippen LogP contribution < -0.4 is 0 Å². The fourth-order valence-electron chi connectivity index (χ4n) is 2.72. The van der Waals surface area contributed by atoms with Crippen molar-refractivity contribution in [3.8, 4) is 11.3 Å². The van der Waals surface area contributed by atoms with E-state index in [0.717, 1.165) is 32.0 Å². The summed E-state index contributed by atoms with van der Waals surface area (Å²) in [5, 5.41) is 5.69. The van der Waals surface area contributed by atoms with Crippen molar-refractivity contribution in [1.82, 2.24) is 14.6 Å². The summed E-state index contributed by atoms with van der Waals surface area (Å²) in [6.07, 6.45) is 3.71. The Morgan fingerprint density at radius 2 is 1.92 bits per heavy atom. The van der Waals surface area contributed by atoms with E-state index in [0.29, 0.717) is 0 Å². The molecule has 2 aromatic heterocycles. The number of rotatable bonds is 4. The van der Waals surface area contributed by atoms with Gasteiger partial charge in [-0.1, -0.05) is 69.7 Å². The molecule has 0 aliphatic rings. The molecule has 0 amide bonds. The van der Waals surface area contributed by atoms with Crippen LogP contribution in [0.25, 0.3) is 16.8 Å². The molecule has 2 aromatic carbocycles. The van der Waals surface area contributed by atoms with Gasteiger partial charge in [-0.05, 0) is 30.7 Å². The second-order valence-electron chi connectivity index (χ2n) is 5.88. The fourth-order valence-corrected chi connectivity index (χ4v) is 3.91. The van der Waals surface area contributed by atoms with E-state index in [9.17, 15) is 0 Å². The molecule has 5 heteroatoms. The molecule has 0 aliphatic carbocycles. The van der Waals surface area contributed by atoms with E-state index >= 15 is 0 Å². The van der Waals surface area contributed by atoms with Gasteiger partial charge in [0.25, 0.3) is 0 Å². The van der Waals surface area contributed by atoms with Crippen LogP contribution in [0.1, 0.15) is 11.1 Å². The van der Waals surface area contributed by atoms with Crippen molar-refractivity contribution in [2.24, 2.45) is 0 Å². The summed E-state index contributed by atoms with van der Waals surface area (Å²) in [6.45, 7) is 2.12. The van der Waals surface area contributed by atoms with Gasteiger partial charge in [0.15, 0.2) is 0 Å². The lowest BCUT2D eigenvalue weighted by molar-refractivity contribution is 0.920. The highest BCUT2D eigenvalue weighted by Gasteiger charge is 2.10. The first-order chi connectivity index (χ1) is 12.2. The molecular weight excluding hydrogens is 394 g/mol. The van der Waals surface area contributed by atoms with E-state index in [1.165, 1.54) is 11.1 Å². The highest BCUT2D eigenvalue weighted by molar-refractivity contribution is 9.10. The lowest BCUT2D eigenvalue weighted by atomic mass is 10.1. The van der Waals surface area contributed by atoms with Crippen molar-refractivity contribution >= 4 is 33.2 Å². The molecule has 4 rings (SSSR count). The number of fused-ring (bicyclic) bond motifs is 1. The van der Waals surface area contributed by atoms with E-state index in [2.05, 4.69) is 70.3 Å². The summed E-state index contributed by atoms with van der Waals surface area (Å²) in [5.74, 6) is 0.896. The molecule has 0 N–H and O–H groups in total. The second-order valence-corrected chi connectivity index (χ2v) is 7.76. The Hall–Kier alpha value is -2.11. The van der Waals surface area contributed by atoms with Crippen LogP contribution in [0.5, 0.6) is 0 Å². The second kappa shape index (κ2) is 7.02. The molecule has 0 atom stereocenters. The summed E-state index contributed by atoms with van der Waals surface area (Å²) >= 11 is 5.22. The fraction of sp³-hybridized carbons (Fsp3) is 0.100. The first-order valence-electron chi connectivity index (χ1n) is 7.98. The van der Waals surface area contributed by atoms with E-state index < -0.39 is 0 Å². The molecule has 0 aliphatic heterocycles. The van der Waals surface area contributed by atoms with Crippen LogP contribution in [0, 0.1) is 6.92 Å². The lowest BCUT2D eigenvalue weighted by Gasteiger charge is -2.04. The molecule has 2 heterocycles. The minimum absolute atomic E-state index is 0.896. The van der Waals surface area contributed by atoms with Crippen LogP contribution in [-0.4, -0.2) is 14.6 Å². The zero-order valence-electron chi connectivity index (χ0n) is 13.7. The standard InChI is InChI=1S/C20H16BrN3S/c1-14-3-2-4-15(11-14)13-25-20-19-12-18(23-24(19)10-9-22-20)16-5-7-17(21)8-6-16/h2-12H,13H2,1H3. The molecule has 0 saturated carbocycles. The first kappa shape index (κ1) is 16.4. The third kappa shape index (κ3) is 3.62. The van der Waals surface area contributed by atoms with E-state index in [4.69, 9.17) is 5.10 Å². The first-order valence-corrected chi connectivity index (χ1v) is 9.75. The van der Waals surface area contributed by atoms with Crippen LogP contribution in [-0.2, 0) is 5.75 Å². The lowest BCUT2D eigenvalue weighted by Crippen LogP contribution is -1.91. The average Bonchev–Trinajstić information content (AvgIpc) is 3.05. The van der Waals surface area contributed by atoms with Crippen molar-refractivity contribution in [2.75, 3.05) is 0 Å². The number of hydrogen-bond donors (Lipinski definition) is 0. The van der Waals surface area contributed by atoms with Crippen LogP contribution in [0.2, 0.25) is 0 Å². The Kier molecular flexibility index (Phi) is 4.59. The molecule has 0 spiro atoms. The van der Waals surface area contributed by atoms with Gasteiger partial charge in [-0.2, -0.15) is 5.10 Å². The predicted octanol–water partition coefficient (Wildman–Crippen LogP) is 5.76. The van der Waals surface area contributed by atoms with Gasteiger partial charge in [-0.25, -0.2) is 9.50 Å². The summed E-state index contributed by atoms with van der Waals surface area (Å²) in [5.41, 5.74) is 5.69. The maximum absolute atomic E-state index is 4.69. The molecule has 0 fully saturated rings. The number of aryl methyl sites for hydroxylation is 1. The Bertz CT molecular complexity index is 1020. The summed E-state index contributed by atoms with van der Waals surface area (Å²) in [7, 11) is 0. The number of thioether (sulfide) groups is 1. The number of nitrogens with zero attached hydrogens (tertiary/aromatic N) is 3. The predicted molar refractivity (Wildman–Crippen MR) is 107 cm³/mol. The Balaban J connectivity index is 1.64. The van der Waals surface area contributed by atoms with Crippen LogP contribution >= 0.6 is 27.7 Å². The van der Waals surface area contributed by atoms with Gasteiger partial charge in [0.05, 0.1) is 11.2 Å². The third-order valence-electron chi connectivity index (χ3n) is 3.95. The number of halogens is 1. The molecular formula is C20H16BrN3S. The third-order valence-corrected chi connectivity index (χ3v) is 5.55. The van der Waals surface area contributed by atoms with Gasteiger partial charge < -0.3 is 0 Å². The summed E-state index contributed by atoms with van der Waals surface area (Å²) < 4.78 is 2.97. The topological polar surface area (TPSA) is 30.2 Å². The van der Waals surface area contributed by atoms with Crippen LogP contribution in [0.4, 0.5) is 0 Å². The minimum Gasteiger partial charge on any atom is -0.246 e. The molecule has 3 nitrogen and oxygen atoms in total. The molecule has 0 bridgehead atoms. The van der Waals surface area contributed by atoms with Crippen molar-refractivity contribution < 1.29 is 0 Å². The molecule has 0 unspecified atom stereocenters. The van der Waals surface area contributed by atoms with Gasteiger partial charge in [0.1, 0.15) is 5.03 Å². The smallest absolute Gasteiger partial charge is 0.122 e. The van der Waals surface area contributed by atoms with Gasteiger partial charge in [-0.15, -0.1) is 0 Å². The Morgan fingerprint density at radius 1 is 1.08 bits per heavy atom. The molecule has 25 heavy (non-hydrogen) atoms. The number of benzene rings is 2. The van der Waals surface area contributed by atoms with E-state index in [1.807, 2.05) is 29.0 Å². The monoisotopic (exact) mass is 409 g/mol. The van der Waals surface area contributed by atoms with Gasteiger partial charge >= 0.3 is 0 Å². The van der Waals surface area contributed by atoms with Gasteiger partial charge in [0, 0.05) is 28.2 Å². The normalized spacial score (nSPS) is 11.1. The number of aromatic nitrogens is 3. The van der Waals surface area contributed by atoms with Gasteiger partial charge in [-0.3, -0.25) is 0 Å². The highest BCUT2D eigenvalue weighted by atomic mass is 79.9. The molecule has 124 valence electrons. The largest absolute Gasteiger partial charge is 0.246 e. The van der Waals surface area contributed by atoms with Crippen molar-refractivity contribution in [2.45, 2.75) is 17.7 Å². The van der Waals surface area contributed by atoms with E-state index in [1.54, 1.807) is 11.8 Å². The van der Waals surface area contributed by atoms with Crippen molar-refractivity contribution in [3.05, 3.63) is 82.6 Å². The van der Waals surface area contributed by atoms with Gasteiger partial charge in [0.2, 0.25) is 0 Å². The van der Waals surface area contributed by atoms with Crippen LogP contribution in [0.3, 0.4) is 0 Å². The van der Waals surface area contributed by atoms with Crippen molar-refractivity contribution in [3.63, 3.8) is 0 Å². The maximum Gasteiger partial charge on any atom is 0.122 e. The van der Waals surface area contributed by atoms with Crippen LogP contribution in [0.15, 0.2) is 76.5 Å². The molecule has 4 aromatic rings. The SMILES string of the molecule is Cc1cccc(CSc2nccn3nc(-c4ccc(Br)cc4)cc23)c1. The molecule has 0 saturated heterocycles. The molecule has 0 radical (unpaired) electrons. The average molecular weight is 410 g/mol. The Morgan fingerprint density at radius 3 is 2.72 bits per heavy atom. The zero-order valence-corrected chi connectivity index (χ0v) is 16.1. The summed E-state index contributed by atoms with van der Waals surface area (Å²) in [4.78, 5) is 4.56. The highest BCUT2D eigenvalue weighted by Crippen LogP contribution is 2.28. The Labute approximate surface area is 159 Å². The van der Waals surface area contributed by atoms with E-state index in [-0.39, 0.29) is 0 Å². The quantitative estimate of drug-likeness (QED) is 0.401.